The number of rotatable bonds is 2. The minimum absolute atomic E-state index is 0.0214. The number of amides is 1. The SMILES string of the molecule is CN(C)[C@@H]1CS(=O)(=O)[C@H]2CN(C(=O)c3cccc4cccnc34)C[C@@H]12. The average molecular weight is 359 g/mol. The van der Waals surface area contributed by atoms with Gasteiger partial charge in [0.1, 0.15) is 0 Å². The predicted molar refractivity (Wildman–Crippen MR) is 96.2 cm³/mol. The van der Waals surface area contributed by atoms with Crippen LogP contribution in [-0.2, 0) is 9.84 Å². The van der Waals surface area contributed by atoms with E-state index >= 15 is 0 Å². The second-order valence-electron chi connectivity index (χ2n) is 7.15. The summed E-state index contributed by atoms with van der Waals surface area (Å²) in [4.78, 5) is 21.1. The molecule has 6 nitrogen and oxygen atoms in total. The number of fused-ring (bicyclic) bond motifs is 2. The second-order valence-corrected chi connectivity index (χ2v) is 9.42. The highest BCUT2D eigenvalue weighted by atomic mass is 32.2. The van der Waals surface area contributed by atoms with Gasteiger partial charge in [-0.1, -0.05) is 18.2 Å². The van der Waals surface area contributed by atoms with E-state index in [4.69, 9.17) is 0 Å². The Bertz CT molecular complexity index is 936. The maximum absolute atomic E-state index is 13.1. The summed E-state index contributed by atoms with van der Waals surface area (Å²) in [6, 6.07) is 9.26. The first-order valence-corrected chi connectivity index (χ1v) is 10.1. The Kier molecular flexibility index (Phi) is 3.81. The lowest BCUT2D eigenvalue weighted by atomic mass is 10.00. The fraction of sp³-hybridized carbons (Fsp3) is 0.444. The third-order valence-electron chi connectivity index (χ3n) is 5.48. The van der Waals surface area contributed by atoms with Crippen LogP contribution >= 0.6 is 0 Å². The molecule has 3 heterocycles. The second kappa shape index (κ2) is 5.78. The smallest absolute Gasteiger partial charge is 0.256 e. The van der Waals surface area contributed by atoms with Crippen molar-refractivity contribution >= 4 is 26.6 Å². The van der Waals surface area contributed by atoms with Crippen molar-refractivity contribution in [2.45, 2.75) is 11.3 Å². The van der Waals surface area contributed by atoms with Crippen molar-refractivity contribution in [1.82, 2.24) is 14.8 Å². The van der Waals surface area contributed by atoms with Crippen molar-refractivity contribution in [3.8, 4) is 0 Å². The Labute approximate surface area is 147 Å². The lowest BCUT2D eigenvalue weighted by Crippen LogP contribution is -2.38. The van der Waals surface area contributed by atoms with Crippen LogP contribution in [0.4, 0.5) is 0 Å². The zero-order chi connectivity index (χ0) is 17.8. The maximum Gasteiger partial charge on any atom is 0.256 e. The van der Waals surface area contributed by atoms with E-state index in [9.17, 15) is 13.2 Å². The molecule has 3 atom stereocenters. The standard InChI is InChI=1S/C18H21N3O3S/c1-20(2)15-11-25(23,24)16-10-21(9-14(15)16)18(22)13-7-3-5-12-6-4-8-19-17(12)13/h3-8,14-16H,9-11H2,1-2H3/t14-,15+,16-/m0/s1. The van der Waals surface area contributed by atoms with Crippen molar-refractivity contribution in [2.24, 2.45) is 5.92 Å². The van der Waals surface area contributed by atoms with Crippen molar-refractivity contribution in [2.75, 3.05) is 32.9 Å². The van der Waals surface area contributed by atoms with Gasteiger partial charge in [-0.15, -0.1) is 0 Å². The first-order valence-electron chi connectivity index (χ1n) is 8.39. The van der Waals surface area contributed by atoms with Crippen LogP contribution in [0, 0.1) is 5.92 Å². The van der Waals surface area contributed by atoms with Gasteiger partial charge >= 0.3 is 0 Å². The summed E-state index contributed by atoms with van der Waals surface area (Å²) in [6.45, 7) is 0.758. The van der Waals surface area contributed by atoms with Gasteiger partial charge in [-0.05, 0) is 26.2 Å². The number of pyridine rings is 1. The lowest BCUT2D eigenvalue weighted by molar-refractivity contribution is 0.0781. The molecular formula is C18H21N3O3S. The molecule has 4 rings (SSSR count). The molecule has 0 radical (unpaired) electrons. The Morgan fingerprint density at radius 3 is 2.72 bits per heavy atom. The maximum atomic E-state index is 13.1. The largest absolute Gasteiger partial charge is 0.337 e. The number of aromatic nitrogens is 1. The number of sulfone groups is 1. The van der Waals surface area contributed by atoms with Crippen LogP contribution in [0.25, 0.3) is 10.9 Å². The van der Waals surface area contributed by atoms with E-state index in [0.29, 0.717) is 17.6 Å². The molecule has 2 aliphatic rings. The number of carbonyl (C=O) groups is 1. The van der Waals surface area contributed by atoms with Gasteiger partial charge in [0.15, 0.2) is 9.84 Å². The van der Waals surface area contributed by atoms with Crippen LogP contribution in [0.2, 0.25) is 0 Å². The molecule has 2 aromatic rings. The Hall–Kier alpha value is -1.99. The summed E-state index contributed by atoms with van der Waals surface area (Å²) < 4.78 is 25.0. The topological polar surface area (TPSA) is 70.6 Å². The van der Waals surface area contributed by atoms with Crippen LogP contribution in [0.5, 0.6) is 0 Å². The van der Waals surface area contributed by atoms with Crippen LogP contribution in [0.1, 0.15) is 10.4 Å². The quantitative estimate of drug-likeness (QED) is 0.801. The molecule has 2 fully saturated rings. The molecule has 1 amide bonds. The summed E-state index contributed by atoms with van der Waals surface area (Å²) in [5, 5.41) is 0.457. The highest BCUT2D eigenvalue weighted by Gasteiger charge is 2.53. The molecule has 0 aliphatic carbocycles. The van der Waals surface area contributed by atoms with Crippen LogP contribution < -0.4 is 0 Å². The fourth-order valence-electron chi connectivity index (χ4n) is 4.18. The molecule has 1 aromatic carbocycles. The van der Waals surface area contributed by atoms with Gasteiger partial charge in [0.05, 0.1) is 22.1 Å². The normalized spacial score (nSPS) is 27.8. The predicted octanol–water partition coefficient (Wildman–Crippen LogP) is 1.03. The van der Waals surface area contributed by atoms with E-state index in [1.54, 1.807) is 17.2 Å². The summed E-state index contributed by atoms with van der Waals surface area (Å²) in [5.74, 6) is 0.0333. The van der Waals surface area contributed by atoms with E-state index < -0.39 is 15.1 Å². The lowest BCUT2D eigenvalue weighted by Gasteiger charge is -2.25. The van der Waals surface area contributed by atoms with Gasteiger partial charge in [-0.2, -0.15) is 0 Å². The van der Waals surface area contributed by atoms with Gasteiger partial charge in [-0.3, -0.25) is 9.78 Å². The number of carbonyl (C=O) groups excluding carboxylic acids is 1. The van der Waals surface area contributed by atoms with E-state index in [0.717, 1.165) is 5.39 Å². The number of benzene rings is 1. The summed E-state index contributed by atoms with van der Waals surface area (Å²) >= 11 is 0. The molecule has 0 bridgehead atoms. The first kappa shape index (κ1) is 16.5. The van der Waals surface area contributed by atoms with Crippen LogP contribution in [0.15, 0.2) is 36.5 Å². The number of likely N-dealkylation sites (tertiary alicyclic amines) is 1. The van der Waals surface area contributed by atoms with Crippen molar-refractivity contribution in [3.05, 3.63) is 42.1 Å². The Balaban J connectivity index is 1.67. The van der Waals surface area contributed by atoms with Crippen molar-refractivity contribution in [3.63, 3.8) is 0 Å². The highest BCUT2D eigenvalue weighted by molar-refractivity contribution is 7.92. The van der Waals surface area contributed by atoms with Crippen molar-refractivity contribution < 1.29 is 13.2 Å². The van der Waals surface area contributed by atoms with E-state index in [-0.39, 0.29) is 30.2 Å². The zero-order valence-corrected chi connectivity index (χ0v) is 15.1. The molecule has 7 heteroatoms. The van der Waals surface area contributed by atoms with Gasteiger partial charge in [0.25, 0.3) is 5.91 Å². The van der Waals surface area contributed by atoms with Gasteiger partial charge in [-0.25, -0.2) is 8.42 Å². The summed E-state index contributed by atoms with van der Waals surface area (Å²) in [7, 11) is 0.649. The van der Waals surface area contributed by atoms with Gasteiger partial charge < -0.3 is 9.80 Å². The first-order chi connectivity index (χ1) is 11.9. The van der Waals surface area contributed by atoms with Crippen LogP contribution in [-0.4, -0.2) is 73.3 Å². The average Bonchev–Trinajstić information content (AvgIpc) is 3.13. The number of nitrogens with zero attached hydrogens (tertiary/aromatic N) is 3. The zero-order valence-electron chi connectivity index (χ0n) is 14.3. The molecule has 0 spiro atoms. The monoisotopic (exact) mass is 359 g/mol. The number of hydrogen-bond donors (Lipinski definition) is 0. The molecule has 2 aliphatic heterocycles. The minimum atomic E-state index is -3.16. The molecule has 2 saturated heterocycles. The molecule has 132 valence electrons. The number of para-hydroxylation sites is 1. The third kappa shape index (κ3) is 2.62. The molecule has 1 aromatic heterocycles. The van der Waals surface area contributed by atoms with Crippen molar-refractivity contribution in [1.29, 1.82) is 0 Å². The van der Waals surface area contributed by atoms with Gasteiger partial charge in [0, 0.05) is 36.6 Å². The Morgan fingerprint density at radius 1 is 1.20 bits per heavy atom. The molecular weight excluding hydrogens is 338 g/mol. The third-order valence-corrected chi connectivity index (χ3v) is 7.71. The van der Waals surface area contributed by atoms with E-state index in [1.165, 1.54) is 0 Å². The molecule has 0 N–H and O–H groups in total. The molecule has 0 saturated carbocycles. The number of hydrogen-bond acceptors (Lipinski definition) is 5. The molecule has 25 heavy (non-hydrogen) atoms. The summed E-state index contributed by atoms with van der Waals surface area (Å²) in [6.07, 6.45) is 1.67. The highest BCUT2D eigenvalue weighted by Crippen LogP contribution is 2.36. The van der Waals surface area contributed by atoms with Crippen LogP contribution in [0.3, 0.4) is 0 Å². The molecule has 0 unspecified atom stereocenters. The minimum Gasteiger partial charge on any atom is -0.337 e. The van der Waals surface area contributed by atoms with E-state index in [1.807, 2.05) is 43.3 Å². The van der Waals surface area contributed by atoms with E-state index in [2.05, 4.69) is 4.98 Å². The fourth-order valence-corrected chi connectivity index (χ4v) is 6.65. The Morgan fingerprint density at radius 2 is 1.96 bits per heavy atom. The summed E-state index contributed by atoms with van der Waals surface area (Å²) in [5.41, 5.74) is 1.20. The van der Waals surface area contributed by atoms with Gasteiger partial charge in [0.2, 0.25) is 0 Å².